The molecule has 3 heteroatoms. The summed E-state index contributed by atoms with van der Waals surface area (Å²) in [6, 6.07) is 10.2. The Bertz CT molecular complexity index is 615. The summed E-state index contributed by atoms with van der Waals surface area (Å²) in [5, 5.41) is 0. The molecule has 0 fully saturated rings. The van der Waals surface area contributed by atoms with Crippen LogP contribution in [0.4, 0.5) is 0 Å². The van der Waals surface area contributed by atoms with E-state index in [0.717, 1.165) is 23.3 Å². The molecule has 3 nitrogen and oxygen atoms in total. The van der Waals surface area contributed by atoms with Crippen LogP contribution in [0, 0.1) is 6.92 Å². The van der Waals surface area contributed by atoms with Gasteiger partial charge in [-0.2, -0.15) is 0 Å². The number of benzene rings is 1. The van der Waals surface area contributed by atoms with Crippen molar-refractivity contribution in [3.63, 3.8) is 0 Å². The van der Waals surface area contributed by atoms with Crippen molar-refractivity contribution in [3.05, 3.63) is 53.2 Å². The van der Waals surface area contributed by atoms with Crippen LogP contribution in [0.2, 0.25) is 0 Å². The van der Waals surface area contributed by atoms with Crippen molar-refractivity contribution in [1.29, 1.82) is 0 Å². The van der Waals surface area contributed by atoms with E-state index < -0.39 is 0 Å². The largest absolute Gasteiger partial charge is 0.438 e. The number of rotatable bonds is 4. The SMILES string of the molecule is Cc1cc(C(C)(C)C)ccc1Oc1ncccc1CCN. The Labute approximate surface area is 127 Å². The van der Waals surface area contributed by atoms with Crippen molar-refractivity contribution in [1.82, 2.24) is 4.98 Å². The molecular formula is C18H24N2O. The topological polar surface area (TPSA) is 48.1 Å². The Balaban J connectivity index is 2.28. The van der Waals surface area contributed by atoms with Crippen LogP contribution in [-0.2, 0) is 11.8 Å². The normalized spacial score (nSPS) is 11.5. The van der Waals surface area contributed by atoms with Gasteiger partial charge in [0.25, 0.3) is 0 Å². The molecule has 0 spiro atoms. The molecule has 0 bridgehead atoms. The van der Waals surface area contributed by atoms with Crippen molar-refractivity contribution in [2.24, 2.45) is 5.73 Å². The predicted molar refractivity (Wildman–Crippen MR) is 86.9 cm³/mol. The first kappa shape index (κ1) is 15.5. The van der Waals surface area contributed by atoms with Crippen LogP contribution in [0.5, 0.6) is 11.6 Å². The maximum atomic E-state index is 5.99. The molecule has 0 amide bonds. The Morgan fingerprint density at radius 2 is 1.95 bits per heavy atom. The fourth-order valence-electron chi connectivity index (χ4n) is 2.20. The van der Waals surface area contributed by atoms with Crippen LogP contribution >= 0.6 is 0 Å². The van der Waals surface area contributed by atoms with Gasteiger partial charge in [0.1, 0.15) is 5.75 Å². The molecule has 2 N–H and O–H groups in total. The number of hydrogen-bond acceptors (Lipinski definition) is 3. The van der Waals surface area contributed by atoms with Crippen LogP contribution in [0.15, 0.2) is 36.5 Å². The number of nitrogens with two attached hydrogens (primary N) is 1. The summed E-state index contributed by atoms with van der Waals surface area (Å²) in [6.07, 6.45) is 2.51. The van der Waals surface area contributed by atoms with Gasteiger partial charge in [-0.05, 0) is 48.6 Å². The molecule has 0 aliphatic rings. The summed E-state index contributed by atoms with van der Waals surface area (Å²) >= 11 is 0. The third-order valence-corrected chi connectivity index (χ3v) is 3.51. The van der Waals surface area contributed by atoms with Gasteiger partial charge in [-0.25, -0.2) is 4.98 Å². The Kier molecular flexibility index (Phi) is 4.63. The maximum Gasteiger partial charge on any atom is 0.222 e. The van der Waals surface area contributed by atoms with Gasteiger partial charge in [0.2, 0.25) is 5.88 Å². The second-order valence-corrected chi connectivity index (χ2v) is 6.34. The minimum absolute atomic E-state index is 0.138. The lowest BCUT2D eigenvalue weighted by molar-refractivity contribution is 0.452. The van der Waals surface area contributed by atoms with Gasteiger partial charge in [0.15, 0.2) is 0 Å². The smallest absolute Gasteiger partial charge is 0.222 e. The van der Waals surface area contributed by atoms with Gasteiger partial charge < -0.3 is 10.5 Å². The Morgan fingerprint density at radius 1 is 1.19 bits per heavy atom. The molecule has 0 saturated carbocycles. The number of pyridine rings is 1. The van der Waals surface area contributed by atoms with Gasteiger partial charge >= 0.3 is 0 Å². The van der Waals surface area contributed by atoms with E-state index >= 15 is 0 Å². The Morgan fingerprint density at radius 3 is 2.57 bits per heavy atom. The fraction of sp³-hybridized carbons (Fsp3) is 0.389. The van der Waals surface area contributed by atoms with Crippen molar-refractivity contribution in [2.75, 3.05) is 6.54 Å². The van der Waals surface area contributed by atoms with Crippen molar-refractivity contribution in [3.8, 4) is 11.6 Å². The van der Waals surface area contributed by atoms with E-state index in [4.69, 9.17) is 10.5 Å². The summed E-state index contributed by atoms with van der Waals surface area (Å²) in [4.78, 5) is 4.33. The first-order chi connectivity index (χ1) is 9.91. The van der Waals surface area contributed by atoms with Crippen molar-refractivity contribution >= 4 is 0 Å². The molecule has 1 aromatic carbocycles. The highest BCUT2D eigenvalue weighted by molar-refractivity contribution is 5.41. The molecule has 21 heavy (non-hydrogen) atoms. The zero-order chi connectivity index (χ0) is 15.5. The Hall–Kier alpha value is -1.87. The standard InChI is InChI=1S/C18H24N2O/c1-13-12-15(18(2,3)4)7-8-16(13)21-17-14(9-10-19)6-5-11-20-17/h5-8,11-12H,9-10,19H2,1-4H3. The summed E-state index contributed by atoms with van der Waals surface area (Å²) in [6.45, 7) is 9.28. The molecule has 0 saturated heterocycles. The molecule has 0 unspecified atom stereocenters. The van der Waals surface area contributed by atoms with E-state index in [9.17, 15) is 0 Å². The molecule has 0 atom stereocenters. The van der Waals surface area contributed by atoms with Crippen molar-refractivity contribution < 1.29 is 4.74 Å². The lowest BCUT2D eigenvalue weighted by atomic mass is 9.86. The summed E-state index contributed by atoms with van der Waals surface area (Å²) in [5.41, 5.74) is 9.23. The minimum Gasteiger partial charge on any atom is -0.438 e. The summed E-state index contributed by atoms with van der Waals surface area (Å²) in [5.74, 6) is 1.49. The highest BCUT2D eigenvalue weighted by Gasteiger charge is 2.15. The lowest BCUT2D eigenvalue weighted by Gasteiger charge is -2.20. The quantitative estimate of drug-likeness (QED) is 0.923. The van der Waals surface area contributed by atoms with Crippen molar-refractivity contribution in [2.45, 2.75) is 39.5 Å². The second-order valence-electron chi connectivity index (χ2n) is 6.34. The second kappa shape index (κ2) is 6.27. The predicted octanol–water partition coefficient (Wildman–Crippen LogP) is 3.98. The molecular weight excluding hydrogens is 260 g/mol. The fourth-order valence-corrected chi connectivity index (χ4v) is 2.20. The molecule has 1 heterocycles. The maximum absolute atomic E-state index is 5.99. The average Bonchev–Trinajstić information content (AvgIpc) is 2.42. The monoisotopic (exact) mass is 284 g/mol. The summed E-state index contributed by atoms with van der Waals surface area (Å²) < 4.78 is 5.99. The van der Waals surface area contributed by atoms with Gasteiger partial charge in [-0.1, -0.05) is 39.0 Å². The zero-order valence-corrected chi connectivity index (χ0v) is 13.3. The van der Waals surface area contributed by atoms with Crippen LogP contribution in [0.3, 0.4) is 0 Å². The highest BCUT2D eigenvalue weighted by Crippen LogP contribution is 2.30. The van der Waals surface area contributed by atoms with E-state index in [1.165, 1.54) is 5.56 Å². The molecule has 2 aromatic rings. The molecule has 0 aliphatic carbocycles. The molecule has 112 valence electrons. The molecule has 2 rings (SSSR count). The number of aromatic nitrogens is 1. The number of ether oxygens (including phenoxy) is 1. The third kappa shape index (κ3) is 3.82. The van der Waals surface area contributed by atoms with Gasteiger partial charge in [0.05, 0.1) is 0 Å². The highest BCUT2D eigenvalue weighted by atomic mass is 16.5. The average molecular weight is 284 g/mol. The number of nitrogens with zero attached hydrogens (tertiary/aromatic N) is 1. The van der Waals surface area contributed by atoms with Crippen LogP contribution in [0.25, 0.3) is 0 Å². The van der Waals surface area contributed by atoms with E-state index in [1.54, 1.807) is 6.20 Å². The first-order valence-corrected chi connectivity index (χ1v) is 7.35. The van der Waals surface area contributed by atoms with E-state index in [1.807, 2.05) is 18.2 Å². The van der Waals surface area contributed by atoms with E-state index in [0.29, 0.717) is 12.4 Å². The first-order valence-electron chi connectivity index (χ1n) is 7.35. The van der Waals surface area contributed by atoms with Crippen LogP contribution in [0.1, 0.15) is 37.5 Å². The lowest BCUT2D eigenvalue weighted by Crippen LogP contribution is -2.11. The molecule has 0 aliphatic heterocycles. The zero-order valence-electron chi connectivity index (χ0n) is 13.3. The van der Waals surface area contributed by atoms with Gasteiger partial charge in [-0.3, -0.25) is 0 Å². The molecule has 0 radical (unpaired) electrons. The van der Waals surface area contributed by atoms with Crippen LogP contribution < -0.4 is 10.5 Å². The number of hydrogen-bond donors (Lipinski definition) is 1. The molecule has 1 aromatic heterocycles. The van der Waals surface area contributed by atoms with Gasteiger partial charge in [0, 0.05) is 11.8 Å². The van der Waals surface area contributed by atoms with E-state index in [2.05, 4.69) is 44.8 Å². The van der Waals surface area contributed by atoms with Gasteiger partial charge in [-0.15, -0.1) is 0 Å². The minimum atomic E-state index is 0.138. The third-order valence-electron chi connectivity index (χ3n) is 3.51. The van der Waals surface area contributed by atoms with E-state index in [-0.39, 0.29) is 5.41 Å². The number of aryl methyl sites for hydroxylation is 1. The van der Waals surface area contributed by atoms with Crippen LogP contribution in [-0.4, -0.2) is 11.5 Å². The summed E-state index contributed by atoms with van der Waals surface area (Å²) in [7, 11) is 0.